The maximum atomic E-state index is 12.1. The minimum atomic E-state index is -0.145. The van der Waals surface area contributed by atoms with E-state index in [4.69, 9.17) is 9.26 Å². The van der Waals surface area contributed by atoms with Crippen molar-refractivity contribution in [2.24, 2.45) is 5.92 Å². The number of nitrogens with zero attached hydrogens (tertiary/aromatic N) is 2. The number of benzene rings is 1. The van der Waals surface area contributed by atoms with Gasteiger partial charge in [0, 0.05) is 18.7 Å². The van der Waals surface area contributed by atoms with Gasteiger partial charge in [-0.15, -0.1) is 0 Å². The van der Waals surface area contributed by atoms with E-state index >= 15 is 0 Å². The van der Waals surface area contributed by atoms with Crippen molar-refractivity contribution in [2.75, 3.05) is 11.9 Å². The standard InChI is InChI=1S/C19H25N3O3/c1-3-16-10-14(8-9-24-16)11-19-21-17(22-25-19)12-18(23)20-15-6-4-13(2)5-7-15/h4-7,14,16H,3,8-12H2,1-2H3,(H,20,23)/t14-,16+/m1/s1. The largest absolute Gasteiger partial charge is 0.378 e. The monoisotopic (exact) mass is 343 g/mol. The van der Waals surface area contributed by atoms with E-state index in [1.54, 1.807) is 0 Å². The molecular formula is C19H25N3O3. The lowest BCUT2D eigenvalue weighted by atomic mass is 9.91. The highest BCUT2D eigenvalue weighted by atomic mass is 16.5. The SMILES string of the molecule is CC[C@H]1C[C@H](Cc2nc(CC(=O)Nc3ccc(C)cc3)no2)CCO1. The summed E-state index contributed by atoms with van der Waals surface area (Å²) in [5, 5.41) is 6.78. The molecule has 2 heterocycles. The average molecular weight is 343 g/mol. The highest BCUT2D eigenvalue weighted by Crippen LogP contribution is 2.25. The van der Waals surface area contributed by atoms with Crippen LogP contribution in [0, 0.1) is 12.8 Å². The van der Waals surface area contributed by atoms with E-state index in [1.807, 2.05) is 31.2 Å². The van der Waals surface area contributed by atoms with E-state index in [0.717, 1.165) is 43.5 Å². The Morgan fingerprint density at radius 1 is 1.32 bits per heavy atom. The Balaban J connectivity index is 1.51. The lowest BCUT2D eigenvalue weighted by molar-refractivity contribution is -0.115. The third-order valence-corrected chi connectivity index (χ3v) is 4.56. The molecule has 1 aliphatic rings. The van der Waals surface area contributed by atoms with Gasteiger partial charge >= 0.3 is 0 Å². The first-order valence-corrected chi connectivity index (χ1v) is 8.92. The van der Waals surface area contributed by atoms with Gasteiger partial charge in [-0.1, -0.05) is 29.8 Å². The summed E-state index contributed by atoms with van der Waals surface area (Å²) in [7, 11) is 0. The van der Waals surface area contributed by atoms with E-state index in [9.17, 15) is 4.79 Å². The Bertz CT molecular complexity index is 696. The zero-order valence-corrected chi connectivity index (χ0v) is 14.8. The van der Waals surface area contributed by atoms with E-state index in [0.29, 0.717) is 23.7 Å². The minimum absolute atomic E-state index is 0.114. The number of hydrogen-bond acceptors (Lipinski definition) is 5. The first-order valence-electron chi connectivity index (χ1n) is 8.92. The van der Waals surface area contributed by atoms with E-state index in [1.165, 1.54) is 0 Å². The van der Waals surface area contributed by atoms with Gasteiger partial charge < -0.3 is 14.6 Å². The Kier molecular flexibility index (Phi) is 5.81. The molecule has 0 radical (unpaired) electrons. The highest BCUT2D eigenvalue weighted by molar-refractivity contribution is 5.91. The number of hydrogen-bond donors (Lipinski definition) is 1. The predicted molar refractivity (Wildman–Crippen MR) is 94.3 cm³/mol. The molecule has 6 heteroatoms. The summed E-state index contributed by atoms with van der Waals surface area (Å²) in [6.45, 7) is 4.95. The molecule has 25 heavy (non-hydrogen) atoms. The van der Waals surface area contributed by atoms with Gasteiger partial charge in [-0.05, 0) is 44.2 Å². The quantitative estimate of drug-likeness (QED) is 0.871. The zero-order chi connectivity index (χ0) is 17.6. The molecule has 1 aromatic carbocycles. The van der Waals surface area contributed by atoms with Gasteiger partial charge in [0.25, 0.3) is 0 Å². The number of carbonyl (C=O) groups is 1. The van der Waals surface area contributed by atoms with Crippen LogP contribution in [0.5, 0.6) is 0 Å². The second-order valence-electron chi connectivity index (χ2n) is 6.69. The molecular weight excluding hydrogens is 318 g/mol. The molecule has 1 aromatic heterocycles. The predicted octanol–water partition coefficient (Wildman–Crippen LogP) is 3.31. The molecule has 0 aliphatic carbocycles. The maximum absolute atomic E-state index is 12.1. The van der Waals surface area contributed by atoms with Crippen molar-refractivity contribution in [3.05, 3.63) is 41.5 Å². The molecule has 0 unspecified atom stereocenters. The van der Waals surface area contributed by atoms with Crippen molar-refractivity contribution < 1.29 is 14.1 Å². The molecule has 3 rings (SSSR count). The van der Waals surface area contributed by atoms with Crippen LogP contribution >= 0.6 is 0 Å². The maximum Gasteiger partial charge on any atom is 0.232 e. The number of amides is 1. The number of aromatic nitrogens is 2. The first-order chi connectivity index (χ1) is 12.1. The lowest BCUT2D eigenvalue weighted by Crippen LogP contribution is -2.26. The van der Waals surface area contributed by atoms with Crippen molar-refractivity contribution in [3.8, 4) is 0 Å². The number of anilines is 1. The van der Waals surface area contributed by atoms with Gasteiger partial charge in [0.15, 0.2) is 5.82 Å². The number of carbonyl (C=O) groups excluding carboxylic acids is 1. The summed E-state index contributed by atoms with van der Waals surface area (Å²) in [5.41, 5.74) is 1.92. The van der Waals surface area contributed by atoms with Crippen LogP contribution in [0.1, 0.15) is 43.5 Å². The van der Waals surface area contributed by atoms with Crippen LogP contribution in [0.25, 0.3) is 0 Å². The van der Waals surface area contributed by atoms with Gasteiger partial charge in [-0.2, -0.15) is 4.98 Å². The van der Waals surface area contributed by atoms with Crippen molar-refractivity contribution in [1.29, 1.82) is 0 Å². The molecule has 1 amide bonds. The summed E-state index contributed by atoms with van der Waals surface area (Å²) >= 11 is 0. The van der Waals surface area contributed by atoms with Gasteiger partial charge in [0.2, 0.25) is 11.8 Å². The number of rotatable bonds is 6. The van der Waals surface area contributed by atoms with E-state index < -0.39 is 0 Å². The van der Waals surface area contributed by atoms with Gasteiger partial charge in [0.05, 0.1) is 12.5 Å². The smallest absolute Gasteiger partial charge is 0.232 e. The lowest BCUT2D eigenvalue weighted by Gasteiger charge is -2.27. The third-order valence-electron chi connectivity index (χ3n) is 4.56. The molecule has 2 aromatic rings. The highest BCUT2D eigenvalue weighted by Gasteiger charge is 2.23. The molecule has 2 atom stereocenters. The Labute approximate surface area is 148 Å². The van der Waals surface area contributed by atoms with Crippen LogP contribution in [-0.4, -0.2) is 28.8 Å². The molecule has 0 saturated carbocycles. The molecule has 0 bridgehead atoms. The fourth-order valence-electron chi connectivity index (χ4n) is 3.11. The van der Waals surface area contributed by atoms with Gasteiger partial charge in [-0.25, -0.2) is 0 Å². The normalized spacial score (nSPS) is 20.4. The van der Waals surface area contributed by atoms with E-state index in [-0.39, 0.29) is 12.3 Å². The summed E-state index contributed by atoms with van der Waals surface area (Å²) in [6.07, 6.45) is 4.28. The van der Waals surface area contributed by atoms with Gasteiger partial charge in [0.1, 0.15) is 0 Å². The summed E-state index contributed by atoms with van der Waals surface area (Å²) in [5.74, 6) is 1.40. The number of ether oxygens (including phenoxy) is 1. The van der Waals surface area contributed by atoms with Gasteiger partial charge in [-0.3, -0.25) is 4.79 Å². The van der Waals surface area contributed by atoms with Crippen molar-refractivity contribution >= 4 is 11.6 Å². The number of aryl methyl sites for hydroxylation is 1. The summed E-state index contributed by atoms with van der Waals surface area (Å²) < 4.78 is 11.0. The molecule has 1 N–H and O–H groups in total. The van der Waals surface area contributed by atoms with Crippen molar-refractivity contribution in [2.45, 2.75) is 52.1 Å². The van der Waals surface area contributed by atoms with Crippen molar-refractivity contribution in [1.82, 2.24) is 10.1 Å². The second kappa shape index (κ2) is 8.25. The Hall–Kier alpha value is -2.21. The second-order valence-corrected chi connectivity index (χ2v) is 6.69. The fourth-order valence-corrected chi connectivity index (χ4v) is 3.11. The van der Waals surface area contributed by atoms with Crippen LogP contribution in [-0.2, 0) is 22.4 Å². The molecule has 1 aliphatic heterocycles. The molecule has 1 saturated heterocycles. The summed E-state index contributed by atoms with van der Waals surface area (Å²) in [4.78, 5) is 16.5. The Morgan fingerprint density at radius 3 is 2.88 bits per heavy atom. The fraction of sp³-hybridized carbons (Fsp3) is 0.526. The van der Waals surface area contributed by atoms with Crippen molar-refractivity contribution in [3.63, 3.8) is 0 Å². The number of nitrogens with one attached hydrogen (secondary N) is 1. The third kappa shape index (κ3) is 5.13. The minimum Gasteiger partial charge on any atom is -0.378 e. The van der Waals surface area contributed by atoms with Crippen LogP contribution < -0.4 is 5.32 Å². The molecule has 1 fully saturated rings. The van der Waals surface area contributed by atoms with Crippen LogP contribution in [0.2, 0.25) is 0 Å². The first kappa shape index (κ1) is 17.6. The summed E-state index contributed by atoms with van der Waals surface area (Å²) in [6, 6.07) is 7.67. The molecule has 0 spiro atoms. The topological polar surface area (TPSA) is 77.3 Å². The Morgan fingerprint density at radius 2 is 2.12 bits per heavy atom. The molecule has 134 valence electrons. The van der Waals surface area contributed by atoms with Crippen LogP contribution in [0.15, 0.2) is 28.8 Å². The van der Waals surface area contributed by atoms with Crippen LogP contribution in [0.3, 0.4) is 0 Å². The zero-order valence-electron chi connectivity index (χ0n) is 14.8. The van der Waals surface area contributed by atoms with Crippen LogP contribution in [0.4, 0.5) is 5.69 Å². The van der Waals surface area contributed by atoms with E-state index in [2.05, 4.69) is 22.4 Å². The average Bonchev–Trinajstić information content (AvgIpc) is 3.04. The molecule has 6 nitrogen and oxygen atoms in total.